The third-order valence-electron chi connectivity index (χ3n) is 2.61. The van der Waals surface area contributed by atoms with Crippen molar-refractivity contribution in [1.82, 2.24) is 0 Å². The first-order valence-electron chi connectivity index (χ1n) is 4.44. The summed E-state index contributed by atoms with van der Waals surface area (Å²) >= 11 is 0. The molecule has 1 aromatic rings. The summed E-state index contributed by atoms with van der Waals surface area (Å²) in [5.41, 5.74) is 0.723. The summed E-state index contributed by atoms with van der Waals surface area (Å²) < 4.78 is 0. The van der Waals surface area contributed by atoms with E-state index < -0.39 is 0 Å². The standard InChI is InChI=1S/C11H11NO/c12-8-11(5-6-11)7-9-3-1-2-4-10(9)13/h1-4,13H,5-7H2. The van der Waals surface area contributed by atoms with Crippen molar-refractivity contribution in [1.29, 1.82) is 5.26 Å². The van der Waals surface area contributed by atoms with Gasteiger partial charge in [0.25, 0.3) is 0 Å². The largest absolute Gasteiger partial charge is 0.508 e. The lowest BCUT2D eigenvalue weighted by atomic mass is 9.97. The Kier molecular flexibility index (Phi) is 1.73. The molecule has 2 nitrogen and oxygen atoms in total. The molecule has 1 aromatic carbocycles. The number of rotatable bonds is 2. The van der Waals surface area contributed by atoms with Crippen LogP contribution in [0.5, 0.6) is 5.75 Å². The Bertz CT molecular complexity index is 361. The molecule has 2 heteroatoms. The molecule has 0 heterocycles. The third-order valence-corrected chi connectivity index (χ3v) is 2.61. The van der Waals surface area contributed by atoms with E-state index in [9.17, 15) is 5.11 Å². The van der Waals surface area contributed by atoms with Crippen LogP contribution in [0.2, 0.25) is 0 Å². The highest BCUT2D eigenvalue weighted by molar-refractivity contribution is 5.34. The van der Waals surface area contributed by atoms with Gasteiger partial charge in [-0.2, -0.15) is 5.26 Å². The van der Waals surface area contributed by atoms with Gasteiger partial charge in [-0.25, -0.2) is 0 Å². The van der Waals surface area contributed by atoms with Crippen LogP contribution in [-0.2, 0) is 6.42 Å². The molecule has 2 rings (SSSR count). The van der Waals surface area contributed by atoms with Gasteiger partial charge in [0.05, 0.1) is 11.5 Å². The van der Waals surface area contributed by atoms with Gasteiger partial charge in [-0.1, -0.05) is 18.2 Å². The van der Waals surface area contributed by atoms with Crippen molar-refractivity contribution < 1.29 is 5.11 Å². The lowest BCUT2D eigenvalue weighted by molar-refractivity contribution is 0.462. The fraction of sp³-hybridized carbons (Fsp3) is 0.364. The molecule has 0 aliphatic heterocycles. The maximum Gasteiger partial charge on any atom is 0.118 e. The average Bonchev–Trinajstić information content (AvgIpc) is 2.90. The summed E-state index contributed by atoms with van der Waals surface area (Å²) in [5, 5.41) is 18.4. The first kappa shape index (κ1) is 8.12. The lowest BCUT2D eigenvalue weighted by Crippen LogP contribution is -2.01. The monoisotopic (exact) mass is 173 g/mol. The molecule has 0 aromatic heterocycles. The zero-order chi connectivity index (χ0) is 9.31. The number of phenolic OH excluding ortho intramolecular Hbond substituents is 1. The smallest absolute Gasteiger partial charge is 0.118 e. The molecule has 1 aliphatic carbocycles. The summed E-state index contributed by atoms with van der Waals surface area (Å²) in [7, 11) is 0. The highest BCUT2D eigenvalue weighted by Crippen LogP contribution is 2.48. The molecular weight excluding hydrogens is 162 g/mol. The number of hydrogen-bond donors (Lipinski definition) is 1. The van der Waals surface area contributed by atoms with Crippen molar-refractivity contribution in [2.45, 2.75) is 19.3 Å². The third kappa shape index (κ3) is 1.50. The first-order chi connectivity index (χ1) is 6.26. The minimum absolute atomic E-state index is 0.168. The van der Waals surface area contributed by atoms with Gasteiger partial charge in [0.2, 0.25) is 0 Å². The van der Waals surface area contributed by atoms with Crippen molar-refractivity contribution in [2.24, 2.45) is 5.41 Å². The number of hydrogen-bond acceptors (Lipinski definition) is 2. The van der Waals surface area contributed by atoms with E-state index in [1.54, 1.807) is 12.1 Å². The molecule has 1 saturated carbocycles. The van der Waals surface area contributed by atoms with E-state index in [1.807, 2.05) is 12.1 Å². The Morgan fingerprint density at radius 2 is 2.08 bits per heavy atom. The SMILES string of the molecule is N#CC1(Cc2ccccc2O)CC1. The Morgan fingerprint density at radius 3 is 2.62 bits per heavy atom. The van der Waals surface area contributed by atoms with Gasteiger partial charge in [0.1, 0.15) is 5.75 Å². The van der Waals surface area contributed by atoms with Crippen LogP contribution in [0.15, 0.2) is 24.3 Å². The minimum atomic E-state index is -0.168. The van der Waals surface area contributed by atoms with Crippen LogP contribution in [0.1, 0.15) is 18.4 Å². The summed E-state index contributed by atoms with van der Waals surface area (Å²) in [6, 6.07) is 9.56. The molecule has 1 aliphatic rings. The highest BCUT2D eigenvalue weighted by atomic mass is 16.3. The van der Waals surface area contributed by atoms with Crippen LogP contribution in [0, 0.1) is 16.7 Å². The summed E-state index contributed by atoms with van der Waals surface area (Å²) in [6.45, 7) is 0. The number of nitriles is 1. The van der Waals surface area contributed by atoms with Crippen LogP contribution in [0.3, 0.4) is 0 Å². The van der Waals surface area contributed by atoms with Crippen LogP contribution in [0.25, 0.3) is 0 Å². The van der Waals surface area contributed by atoms with Crippen LogP contribution < -0.4 is 0 Å². The molecule has 13 heavy (non-hydrogen) atoms. The van der Waals surface area contributed by atoms with Gasteiger partial charge >= 0.3 is 0 Å². The zero-order valence-corrected chi connectivity index (χ0v) is 7.33. The Hall–Kier alpha value is -1.49. The van der Waals surface area contributed by atoms with E-state index in [1.165, 1.54) is 0 Å². The second-order valence-electron chi connectivity index (χ2n) is 3.70. The van der Waals surface area contributed by atoms with Gasteiger partial charge in [0, 0.05) is 0 Å². The van der Waals surface area contributed by atoms with Crippen molar-refractivity contribution in [3.63, 3.8) is 0 Å². The second kappa shape index (κ2) is 2.77. The zero-order valence-electron chi connectivity index (χ0n) is 7.33. The molecule has 1 N–H and O–H groups in total. The van der Waals surface area contributed by atoms with Crippen molar-refractivity contribution in [2.75, 3.05) is 0 Å². The number of aromatic hydroxyl groups is 1. The van der Waals surface area contributed by atoms with E-state index in [4.69, 9.17) is 5.26 Å². The van der Waals surface area contributed by atoms with E-state index in [-0.39, 0.29) is 5.41 Å². The first-order valence-corrected chi connectivity index (χ1v) is 4.44. The number of phenols is 1. The Morgan fingerprint density at radius 1 is 1.38 bits per heavy atom. The molecule has 0 saturated heterocycles. The fourth-order valence-electron chi connectivity index (χ4n) is 1.50. The molecule has 0 bridgehead atoms. The maximum absolute atomic E-state index is 9.49. The normalized spacial score (nSPS) is 17.8. The van der Waals surface area contributed by atoms with Crippen LogP contribution >= 0.6 is 0 Å². The Balaban J connectivity index is 2.20. The molecule has 0 spiro atoms. The van der Waals surface area contributed by atoms with E-state index in [0.29, 0.717) is 12.2 Å². The Labute approximate surface area is 77.4 Å². The van der Waals surface area contributed by atoms with E-state index in [0.717, 1.165) is 18.4 Å². The summed E-state index contributed by atoms with van der Waals surface area (Å²) in [6.07, 6.45) is 2.63. The molecule has 0 radical (unpaired) electrons. The fourth-order valence-corrected chi connectivity index (χ4v) is 1.50. The number of benzene rings is 1. The van der Waals surface area contributed by atoms with Gasteiger partial charge in [-0.3, -0.25) is 0 Å². The molecule has 0 amide bonds. The molecule has 0 atom stereocenters. The molecule has 1 fully saturated rings. The second-order valence-corrected chi connectivity index (χ2v) is 3.70. The van der Waals surface area contributed by atoms with Gasteiger partial charge in [0.15, 0.2) is 0 Å². The summed E-state index contributed by atoms with van der Waals surface area (Å²) in [4.78, 5) is 0. The van der Waals surface area contributed by atoms with Gasteiger partial charge in [-0.05, 0) is 30.9 Å². The summed E-state index contributed by atoms with van der Waals surface area (Å²) in [5.74, 6) is 0.309. The lowest BCUT2D eigenvalue weighted by Gasteiger charge is -2.06. The van der Waals surface area contributed by atoms with Crippen molar-refractivity contribution >= 4 is 0 Å². The van der Waals surface area contributed by atoms with Crippen molar-refractivity contribution in [3.05, 3.63) is 29.8 Å². The quantitative estimate of drug-likeness (QED) is 0.745. The van der Waals surface area contributed by atoms with Crippen molar-refractivity contribution in [3.8, 4) is 11.8 Å². The highest BCUT2D eigenvalue weighted by Gasteiger charge is 2.43. The van der Waals surface area contributed by atoms with Crippen LogP contribution in [0.4, 0.5) is 0 Å². The topological polar surface area (TPSA) is 44.0 Å². The van der Waals surface area contributed by atoms with Gasteiger partial charge < -0.3 is 5.11 Å². The molecule has 66 valence electrons. The van der Waals surface area contributed by atoms with E-state index >= 15 is 0 Å². The number of para-hydroxylation sites is 1. The van der Waals surface area contributed by atoms with Crippen LogP contribution in [-0.4, -0.2) is 5.11 Å². The predicted octanol–water partition coefficient (Wildman–Crippen LogP) is 2.24. The average molecular weight is 173 g/mol. The molecular formula is C11H11NO. The molecule has 0 unspecified atom stereocenters. The number of nitrogens with zero attached hydrogens (tertiary/aromatic N) is 1. The van der Waals surface area contributed by atoms with Gasteiger partial charge in [-0.15, -0.1) is 0 Å². The van der Waals surface area contributed by atoms with E-state index in [2.05, 4.69) is 6.07 Å². The predicted molar refractivity (Wildman–Crippen MR) is 49.1 cm³/mol. The maximum atomic E-state index is 9.49. The minimum Gasteiger partial charge on any atom is -0.508 e.